The van der Waals surface area contributed by atoms with Crippen LogP contribution in [0.3, 0.4) is 0 Å². The molecule has 1 fully saturated rings. The molecule has 0 radical (unpaired) electrons. The number of fused-ring (bicyclic) bond motifs is 1. The molecule has 0 saturated heterocycles. The van der Waals surface area contributed by atoms with Crippen molar-refractivity contribution in [2.75, 3.05) is 12.5 Å². The molecule has 0 bridgehead atoms. The van der Waals surface area contributed by atoms with E-state index in [9.17, 15) is 4.79 Å². The van der Waals surface area contributed by atoms with Crippen LogP contribution >= 0.6 is 0 Å². The lowest BCUT2D eigenvalue weighted by molar-refractivity contribution is 0.0786. The number of hydrogen-bond acceptors (Lipinski definition) is 4. The highest BCUT2D eigenvalue weighted by Gasteiger charge is 2.30. The van der Waals surface area contributed by atoms with Crippen molar-refractivity contribution in [3.63, 3.8) is 0 Å². The number of hydrazine groups is 1. The molecule has 1 aromatic heterocycles. The second-order valence-electron chi connectivity index (χ2n) is 4.86. The third kappa shape index (κ3) is 2.02. The fourth-order valence-corrected chi connectivity index (χ4v) is 2.30. The van der Waals surface area contributed by atoms with Crippen molar-refractivity contribution < 1.29 is 4.79 Å². The predicted molar refractivity (Wildman–Crippen MR) is 74.7 cm³/mol. The van der Waals surface area contributed by atoms with E-state index in [-0.39, 0.29) is 5.91 Å². The minimum Gasteiger partial charge on any atom is -0.339 e. The van der Waals surface area contributed by atoms with Crippen LogP contribution in [0.4, 0.5) is 5.82 Å². The summed E-state index contributed by atoms with van der Waals surface area (Å²) in [7, 11) is 1.85. The number of anilines is 1. The van der Waals surface area contributed by atoms with Gasteiger partial charge in [0, 0.05) is 24.7 Å². The van der Waals surface area contributed by atoms with Crippen LogP contribution in [0, 0.1) is 0 Å². The Morgan fingerprint density at radius 3 is 2.68 bits per heavy atom. The largest absolute Gasteiger partial charge is 0.339 e. The molecule has 0 aliphatic heterocycles. The van der Waals surface area contributed by atoms with Gasteiger partial charge in [0.15, 0.2) is 0 Å². The number of nitrogens with zero attached hydrogens (tertiary/aromatic N) is 2. The molecule has 1 aliphatic rings. The van der Waals surface area contributed by atoms with E-state index in [1.807, 2.05) is 31.3 Å². The molecule has 1 saturated carbocycles. The number of pyridine rings is 1. The first kappa shape index (κ1) is 11.9. The van der Waals surface area contributed by atoms with Gasteiger partial charge in [0.1, 0.15) is 5.82 Å². The van der Waals surface area contributed by atoms with Gasteiger partial charge in [-0.25, -0.2) is 10.8 Å². The topological polar surface area (TPSA) is 71.2 Å². The zero-order valence-electron chi connectivity index (χ0n) is 10.8. The van der Waals surface area contributed by atoms with Crippen LogP contribution in [0.25, 0.3) is 10.8 Å². The SMILES string of the molecule is CN(C(=O)c1cnc(NN)c2ccccc12)C1CC1. The highest BCUT2D eigenvalue weighted by atomic mass is 16.2. The van der Waals surface area contributed by atoms with Crippen LogP contribution in [0.15, 0.2) is 30.5 Å². The molecule has 0 atom stereocenters. The van der Waals surface area contributed by atoms with Crippen molar-refractivity contribution in [3.8, 4) is 0 Å². The average molecular weight is 256 g/mol. The van der Waals surface area contributed by atoms with E-state index in [1.165, 1.54) is 0 Å². The zero-order chi connectivity index (χ0) is 13.4. The maximum atomic E-state index is 12.5. The van der Waals surface area contributed by atoms with E-state index in [0.29, 0.717) is 17.4 Å². The summed E-state index contributed by atoms with van der Waals surface area (Å²) in [5, 5.41) is 1.74. The Kier molecular flexibility index (Phi) is 2.83. The molecule has 1 amide bonds. The molecule has 5 nitrogen and oxygen atoms in total. The summed E-state index contributed by atoms with van der Waals surface area (Å²) in [5.41, 5.74) is 3.19. The first-order valence-electron chi connectivity index (χ1n) is 6.34. The summed E-state index contributed by atoms with van der Waals surface area (Å²) < 4.78 is 0. The van der Waals surface area contributed by atoms with E-state index >= 15 is 0 Å². The second kappa shape index (κ2) is 4.51. The lowest BCUT2D eigenvalue weighted by Crippen LogP contribution is -2.29. The second-order valence-corrected chi connectivity index (χ2v) is 4.86. The first-order valence-corrected chi connectivity index (χ1v) is 6.34. The molecule has 19 heavy (non-hydrogen) atoms. The van der Waals surface area contributed by atoms with E-state index in [2.05, 4.69) is 10.4 Å². The van der Waals surface area contributed by atoms with Crippen molar-refractivity contribution in [2.45, 2.75) is 18.9 Å². The van der Waals surface area contributed by atoms with Crippen molar-refractivity contribution in [2.24, 2.45) is 5.84 Å². The minimum absolute atomic E-state index is 0.0229. The molecule has 3 rings (SSSR count). The number of aromatic nitrogens is 1. The smallest absolute Gasteiger partial charge is 0.256 e. The predicted octanol–water partition coefficient (Wildman–Crippen LogP) is 1.75. The van der Waals surface area contributed by atoms with E-state index in [1.54, 1.807) is 11.1 Å². The lowest BCUT2D eigenvalue weighted by Gasteiger charge is -2.17. The molecule has 3 N–H and O–H groups in total. The maximum Gasteiger partial charge on any atom is 0.256 e. The van der Waals surface area contributed by atoms with Crippen LogP contribution in [-0.2, 0) is 0 Å². The molecule has 1 heterocycles. The fraction of sp³-hybridized carbons (Fsp3) is 0.286. The Labute approximate surface area is 111 Å². The van der Waals surface area contributed by atoms with Gasteiger partial charge in [0.25, 0.3) is 5.91 Å². The summed E-state index contributed by atoms with van der Waals surface area (Å²) in [5.74, 6) is 6.06. The van der Waals surface area contributed by atoms with Crippen LogP contribution in [0.1, 0.15) is 23.2 Å². The van der Waals surface area contributed by atoms with E-state index in [0.717, 1.165) is 23.6 Å². The maximum absolute atomic E-state index is 12.5. The number of benzene rings is 1. The highest BCUT2D eigenvalue weighted by molar-refractivity contribution is 6.09. The Bertz CT molecular complexity index is 636. The Hall–Kier alpha value is -2.14. The Morgan fingerprint density at radius 1 is 1.37 bits per heavy atom. The van der Waals surface area contributed by atoms with Gasteiger partial charge in [-0.3, -0.25) is 4.79 Å². The summed E-state index contributed by atoms with van der Waals surface area (Å²) in [6.45, 7) is 0. The normalized spacial score (nSPS) is 14.4. The number of carbonyl (C=O) groups excluding carboxylic acids is 1. The number of hydrogen-bond donors (Lipinski definition) is 2. The summed E-state index contributed by atoms with van der Waals surface area (Å²) in [6.07, 6.45) is 3.78. The number of amides is 1. The number of carbonyl (C=O) groups is 1. The molecule has 5 heteroatoms. The van der Waals surface area contributed by atoms with Crippen LogP contribution < -0.4 is 11.3 Å². The van der Waals surface area contributed by atoms with Crippen LogP contribution in [0.5, 0.6) is 0 Å². The number of nitrogens with two attached hydrogens (primary N) is 1. The van der Waals surface area contributed by atoms with Gasteiger partial charge in [-0.1, -0.05) is 24.3 Å². The van der Waals surface area contributed by atoms with Gasteiger partial charge in [-0.2, -0.15) is 0 Å². The molecule has 2 aromatic rings. The minimum atomic E-state index is 0.0229. The molecular formula is C14H16N4O. The van der Waals surface area contributed by atoms with Gasteiger partial charge in [-0.15, -0.1) is 0 Å². The van der Waals surface area contributed by atoms with Gasteiger partial charge >= 0.3 is 0 Å². The standard InChI is InChI=1S/C14H16N4O/c1-18(9-6-7-9)14(19)12-8-16-13(17-15)11-5-3-2-4-10(11)12/h2-5,8-9H,6-7,15H2,1H3,(H,16,17). The summed E-state index contributed by atoms with van der Waals surface area (Å²) in [4.78, 5) is 18.5. The Balaban J connectivity index is 2.11. The monoisotopic (exact) mass is 256 g/mol. The number of rotatable bonds is 3. The van der Waals surface area contributed by atoms with Crippen molar-refractivity contribution in [1.29, 1.82) is 0 Å². The molecule has 0 unspecified atom stereocenters. The Morgan fingerprint density at radius 2 is 2.05 bits per heavy atom. The van der Waals surface area contributed by atoms with Crippen LogP contribution in [-0.4, -0.2) is 28.9 Å². The van der Waals surface area contributed by atoms with Crippen LogP contribution in [0.2, 0.25) is 0 Å². The van der Waals surface area contributed by atoms with Crippen molar-refractivity contribution in [3.05, 3.63) is 36.0 Å². The summed E-state index contributed by atoms with van der Waals surface area (Å²) >= 11 is 0. The molecule has 0 spiro atoms. The van der Waals surface area contributed by atoms with E-state index in [4.69, 9.17) is 5.84 Å². The van der Waals surface area contributed by atoms with Gasteiger partial charge in [-0.05, 0) is 18.2 Å². The van der Waals surface area contributed by atoms with Gasteiger partial charge in [0.05, 0.1) is 5.56 Å². The van der Waals surface area contributed by atoms with Crippen molar-refractivity contribution >= 4 is 22.5 Å². The molecule has 98 valence electrons. The van der Waals surface area contributed by atoms with Crippen molar-refractivity contribution in [1.82, 2.24) is 9.88 Å². The average Bonchev–Trinajstić information content (AvgIpc) is 3.29. The lowest BCUT2D eigenvalue weighted by atomic mass is 10.1. The first-order chi connectivity index (χ1) is 9.22. The zero-order valence-corrected chi connectivity index (χ0v) is 10.8. The number of nitrogen functional groups attached to an aromatic ring is 1. The molecule has 1 aromatic carbocycles. The molecular weight excluding hydrogens is 240 g/mol. The van der Waals surface area contributed by atoms with Gasteiger partial charge < -0.3 is 10.3 Å². The highest BCUT2D eigenvalue weighted by Crippen LogP contribution is 2.29. The third-order valence-corrected chi connectivity index (χ3v) is 3.58. The van der Waals surface area contributed by atoms with E-state index < -0.39 is 0 Å². The number of nitrogens with one attached hydrogen (secondary N) is 1. The summed E-state index contributed by atoms with van der Waals surface area (Å²) in [6, 6.07) is 8.04. The van der Waals surface area contributed by atoms with Gasteiger partial charge in [0.2, 0.25) is 0 Å². The third-order valence-electron chi connectivity index (χ3n) is 3.58. The molecule has 1 aliphatic carbocycles. The fourth-order valence-electron chi connectivity index (χ4n) is 2.30. The quantitative estimate of drug-likeness (QED) is 0.648.